The van der Waals surface area contributed by atoms with E-state index in [1.807, 2.05) is 6.08 Å². The molecule has 2 heteroatoms. The topological polar surface area (TPSA) is 26.3 Å². The van der Waals surface area contributed by atoms with Gasteiger partial charge >= 0.3 is 0 Å². The first-order valence-corrected chi connectivity index (χ1v) is 9.60. The van der Waals surface area contributed by atoms with Crippen molar-refractivity contribution in [2.45, 2.75) is 84.3 Å². The Hall–Kier alpha value is -0.890. The van der Waals surface area contributed by atoms with Crippen molar-refractivity contribution in [1.82, 2.24) is 0 Å². The molecule has 0 aromatic carbocycles. The number of allylic oxidation sites excluding steroid dienone is 4. The van der Waals surface area contributed by atoms with Gasteiger partial charge in [-0.25, -0.2) is 0 Å². The first kappa shape index (κ1) is 15.6. The molecule has 2 saturated carbocycles. The minimum atomic E-state index is 0.334. The SMILES string of the molecule is CC(C)O[C@H]1CC[C@H]2[C@@H]3CCC4=CC(=O)CCC4=C3CC[C@]12C. The lowest BCUT2D eigenvalue weighted by Crippen LogP contribution is -2.43. The molecule has 0 saturated heterocycles. The molecule has 0 aliphatic heterocycles. The van der Waals surface area contributed by atoms with Gasteiger partial charge in [0, 0.05) is 6.42 Å². The summed E-state index contributed by atoms with van der Waals surface area (Å²) in [6, 6.07) is 0. The summed E-state index contributed by atoms with van der Waals surface area (Å²) in [6.07, 6.45) is 11.9. The third-order valence-corrected chi connectivity index (χ3v) is 7.08. The Labute approximate surface area is 140 Å². The molecule has 2 fully saturated rings. The van der Waals surface area contributed by atoms with E-state index in [1.165, 1.54) is 37.7 Å². The molecule has 4 aliphatic carbocycles. The third-order valence-electron chi connectivity index (χ3n) is 7.08. The first-order chi connectivity index (χ1) is 11.0. The van der Waals surface area contributed by atoms with Crippen LogP contribution in [0.1, 0.15) is 72.1 Å². The van der Waals surface area contributed by atoms with Gasteiger partial charge in [0.2, 0.25) is 0 Å². The van der Waals surface area contributed by atoms with E-state index in [1.54, 1.807) is 11.1 Å². The van der Waals surface area contributed by atoms with Crippen LogP contribution in [-0.4, -0.2) is 18.0 Å². The maximum Gasteiger partial charge on any atom is 0.156 e. The summed E-state index contributed by atoms with van der Waals surface area (Å²) in [5, 5.41) is 0. The average molecular weight is 314 g/mol. The van der Waals surface area contributed by atoms with E-state index in [-0.39, 0.29) is 0 Å². The molecule has 4 aliphatic rings. The number of carbonyl (C=O) groups excluding carboxylic acids is 1. The lowest BCUT2D eigenvalue weighted by Gasteiger charge is -2.49. The highest BCUT2D eigenvalue weighted by Crippen LogP contribution is 2.60. The van der Waals surface area contributed by atoms with E-state index < -0.39 is 0 Å². The number of ketones is 1. The van der Waals surface area contributed by atoms with Gasteiger partial charge in [0.1, 0.15) is 0 Å². The molecule has 2 nitrogen and oxygen atoms in total. The van der Waals surface area contributed by atoms with E-state index in [0.29, 0.717) is 23.4 Å². The molecule has 0 amide bonds. The molecule has 0 heterocycles. The molecule has 0 radical (unpaired) electrons. The van der Waals surface area contributed by atoms with E-state index in [4.69, 9.17) is 4.74 Å². The van der Waals surface area contributed by atoms with Gasteiger partial charge in [0.05, 0.1) is 12.2 Å². The van der Waals surface area contributed by atoms with Gasteiger partial charge in [-0.3, -0.25) is 4.79 Å². The number of fused-ring (bicyclic) bond motifs is 4. The normalized spacial score (nSPS) is 39.9. The summed E-state index contributed by atoms with van der Waals surface area (Å²) in [4.78, 5) is 11.7. The molecule has 0 spiro atoms. The van der Waals surface area contributed by atoms with E-state index in [0.717, 1.165) is 31.1 Å². The molecule has 0 aromatic heterocycles. The molecule has 4 atom stereocenters. The minimum Gasteiger partial charge on any atom is -0.375 e. The number of hydrogen-bond donors (Lipinski definition) is 0. The van der Waals surface area contributed by atoms with Crippen LogP contribution in [0.3, 0.4) is 0 Å². The lowest BCUT2D eigenvalue weighted by atomic mass is 9.57. The van der Waals surface area contributed by atoms with Gasteiger partial charge in [0.15, 0.2) is 5.78 Å². The van der Waals surface area contributed by atoms with Gasteiger partial charge in [-0.2, -0.15) is 0 Å². The molecule has 0 unspecified atom stereocenters. The number of hydrogen-bond acceptors (Lipinski definition) is 2. The summed E-state index contributed by atoms with van der Waals surface area (Å²) >= 11 is 0. The number of rotatable bonds is 2. The maximum atomic E-state index is 11.7. The van der Waals surface area contributed by atoms with Crippen LogP contribution < -0.4 is 0 Å². The summed E-state index contributed by atoms with van der Waals surface area (Å²) < 4.78 is 6.31. The van der Waals surface area contributed by atoms with Crippen LogP contribution in [0.15, 0.2) is 22.8 Å². The van der Waals surface area contributed by atoms with E-state index in [2.05, 4.69) is 20.8 Å². The fraction of sp³-hybridized carbons (Fsp3) is 0.762. The van der Waals surface area contributed by atoms with Crippen molar-refractivity contribution in [2.75, 3.05) is 0 Å². The zero-order valence-corrected chi connectivity index (χ0v) is 14.9. The van der Waals surface area contributed by atoms with Gasteiger partial charge in [-0.05, 0) is 93.3 Å². The number of carbonyl (C=O) groups is 1. The summed E-state index contributed by atoms with van der Waals surface area (Å²) in [5.74, 6) is 1.89. The Bertz CT molecular complexity index is 583. The Balaban J connectivity index is 1.65. The van der Waals surface area contributed by atoms with Crippen molar-refractivity contribution in [3.8, 4) is 0 Å². The summed E-state index contributed by atoms with van der Waals surface area (Å²) in [7, 11) is 0. The van der Waals surface area contributed by atoms with Crippen LogP contribution in [0, 0.1) is 17.3 Å². The molecule has 0 bridgehead atoms. The number of ether oxygens (including phenoxy) is 1. The van der Waals surface area contributed by atoms with Crippen molar-refractivity contribution >= 4 is 5.78 Å². The first-order valence-electron chi connectivity index (χ1n) is 9.60. The Morgan fingerprint density at radius 3 is 2.74 bits per heavy atom. The zero-order valence-electron chi connectivity index (χ0n) is 14.9. The zero-order chi connectivity index (χ0) is 16.2. The van der Waals surface area contributed by atoms with Crippen LogP contribution in [-0.2, 0) is 9.53 Å². The second-order valence-electron chi connectivity index (χ2n) is 8.65. The van der Waals surface area contributed by atoms with Crippen molar-refractivity contribution in [2.24, 2.45) is 17.3 Å². The average Bonchev–Trinajstić information content (AvgIpc) is 2.83. The standard InChI is InChI=1S/C21H30O2/c1-13(2)23-20-9-8-19-18-6-4-14-12-15(22)5-7-16(14)17(18)10-11-21(19,20)3/h12-13,18-20H,4-11H2,1-3H3/t18-,19+,20+,21+/m1/s1. The van der Waals surface area contributed by atoms with Crippen LogP contribution >= 0.6 is 0 Å². The molecule has 4 rings (SSSR count). The Kier molecular flexibility index (Phi) is 3.79. The highest BCUT2D eigenvalue weighted by Gasteiger charge is 2.54. The highest BCUT2D eigenvalue weighted by molar-refractivity contribution is 5.93. The second kappa shape index (κ2) is 5.58. The van der Waals surface area contributed by atoms with Crippen molar-refractivity contribution < 1.29 is 9.53 Å². The molecule has 23 heavy (non-hydrogen) atoms. The quantitative estimate of drug-likeness (QED) is 0.718. The van der Waals surface area contributed by atoms with Crippen LogP contribution in [0.2, 0.25) is 0 Å². The Morgan fingerprint density at radius 1 is 1.13 bits per heavy atom. The minimum absolute atomic E-state index is 0.334. The van der Waals surface area contributed by atoms with Gasteiger partial charge in [0.25, 0.3) is 0 Å². The largest absolute Gasteiger partial charge is 0.375 e. The highest BCUT2D eigenvalue weighted by atomic mass is 16.5. The van der Waals surface area contributed by atoms with Crippen molar-refractivity contribution in [3.05, 3.63) is 22.8 Å². The van der Waals surface area contributed by atoms with Crippen LogP contribution in [0.4, 0.5) is 0 Å². The predicted octanol–water partition coefficient (Wildman–Crippen LogP) is 4.99. The molecule has 0 aromatic rings. The third kappa shape index (κ3) is 2.45. The smallest absolute Gasteiger partial charge is 0.156 e. The van der Waals surface area contributed by atoms with E-state index >= 15 is 0 Å². The molecule has 0 N–H and O–H groups in total. The van der Waals surface area contributed by atoms with Crippen molar-refractivity contribution in [1.29, 1.82) is 0 Å². The Morgan fingerprint density at radius 2 is 1.96 bits per heavy atom. The van der Waals surface area contributed by atoms with Crippen molar-refractivity contribution in [3.63, 3.8) is 0 Å². The second-order valence-corrected chi connectivity index (χ2v) is 8.65. The van der Waals surface area contributed by atoms with Crippen LogP contribution in [0.5, 0.6) is 0 Å². The fourth-order valence-electron chi connectivity index (χ4n) is 6.03. The monoisotopic (exact) mass is 314 g/mol. The lowest BCUT2D eigenvalue weighted by molar-refractivity contribution is -0.114. The van der Waals surface area contributed by atoms with Gasteiger partial charge in [-0.15, -0.1) is 0 Å². The summed E-state index contributed by atoms with van der Waals surface area (Å²) in [5.41, 5.74) is 5.05. The predicted molar refractivity (Wildman–Crippen MR) is 92.1 cm³/mol. The molecular weight excluding hydrogens is 284 g/mol. The molecular formula is C21H30O2. The summed E-state index contributed by atoms with van der Waals surface area (Å²) in [6.45, 7) is 6.84. The van der Waals surface area contributed by atoms with Gasteiger partial charge < -0.3 is 4.74 Å². The maximum absolute atomic E-state index is 11.7. The fourth-order valence-corrected chi connectivity index (χ4v) is 6.03. The molecule has 126 valence electrons. The van der Waals surface area contributed by atoms with Gasteiger partial charge in [-0.1, -0.05) is 12.5 Å². The van der Waals surface area contributed by atoms with E-state index in [9.17, 15) is 4.79 Å². The van der Waals surface area contributed by atoms with Crippen LogP contribution in [0.25, 0.3) is 0 Å².